The van der Waals surface area contributed by atoms with Crippen LogP contribution in [0.2, 0.25) is 5.02 Å². The molecule has 3 nitrogen and oxygen atoms in total. The zero-order valence-corrected chi connectivity index (χ0v) is 9.24. The first-order valence-electron chi connectivity index (χ1n) is 5.24. The lowest BCUT2D eigenvalue weighted by atomic mass is 9.90. The molecule has 1 aliphatic rings. The first kappa shape index (κ1) is 10.9. The van der Waals surface area contributed by atoms with E-state index >= 15 is 0 Å². The van der Waals surface area contributed by atoms with Gasteiger partial charge < -0.3 is 10.4 Å². The average Bonchev–Trinajstić information content (AvgIpc) is 2.24. The van der Waals surface area contributed by atoms with Crippen LogP contribution >= 0.6 is 11.6 Å². The van der Waals surface area contributed by atoms with Crippen LogP contribution in [0.1, 0.15) is 12.0 Å². The fraction of sp³-hybridized carbons (Fsp3) is 0.545. The zero-order valence-electron chi connectivity index (χ0n) is 8.49. The molecule has 0 aromatic carbocycles. The van der Waals surface area contributed by atoms with Gasteiger partial charge >= 0.3 is 0 Å². The molecule has 1 aromatic heterocycles. The highest BCUT2D eigenvalue weighted by Gasteiger charge is 2.23. The monoisotopic (exact) mass is 226 g/mol. The van der Waals surface area contributed by atoms with Crippen molar-refractivity contribution < 1.29 is 5.11 Å². The van der Waals surface area contributed by atoms with E-state index < -0.39 is 0 Å². The number of nitrogens with one attached hydrogen (secondary N) is 1. The van der Waals surface area contributed by atoms with Gasteiger partial charge in [0, 0.05) is 24.9 Å². The van der Waals surface area contributed by atoms with Gasteiger partial charge in [-0.15, -0.1) is 0 Å². The Hall–Kier alpha value is -0.640. The number of pyridine rings is 1. The van der Waals surface area contributed by atoms with Crippen molar-refractivity contribution in [1.29, 1.82) is 0 Å². The van der Waals surface area contributed by atoms with E-state index in [0.29, 0.717) is 5.02 Å². The van der Waals surface area contributed by atoms with Crippen molar-refractivity contribution in [3.63, 3.8) is 0 Å². The number of halogens is 1. The minimum absolute atomic E-state index is 0.213. The Balaban J connectivity index is 2.04. The summed E-state index contributed by atoms with van der Waals surface area (Å²) in [7, 11) is 0. The lowest BCUT2D eigenvalue weighted by Gasteiger charge is -2.28. The van der Waals surface area contributed by atoms with Gasteiger partial charge in [-0.1, -0.05) is 11.6 Å². The molecule has 2 unspecified atom stereocenters. The predicted octanol–water partition coefficient (Wildman–Crippen LogP) is 1.25. The van der Waals surface area contributed by atoms with Crippen LogP contribution in [0.3, 0.4) is 0 Å². The summed E-state index contributed by atoms with van der Waals surface area (Å²) in [4.78, 5) is 3.95. The molecule has 1 aliphatic heterocycles. The Labute approximate surface area is 94.5 Å². The van der Waals surface area contributed by atoms with E-state index in [1.807, 2.05) is 6.07 Å². The van der Waals surface area contributed by atoms with Crippen molar-refractivity contribution in [2.75, 3.05) is 13.1 Å². The van der Waals surface area contributed by atoms with Gasteiger partial charge in [0.2, 0.25) is 0 Å². The summed E-state index contributed by atoms with van der Waals surface area (Å²) in [6.07, 6.45) is 4.82. The number of nitrogens with zero attached hydrogens (tertiary/aromatic N) is 1. The lowest BCUT2D eigenvalue weighted by molar-refractivity contribution is 0.0791. The third-order valence-corrected chi connectivity index (χ3v) is 3.25. The molecule has 4 heteroatoms. The first-order chi connectivity index (χ1) is 7.27. The number of hydrogen-bond donors (Lipinski definition) is 2. The number of aromatic nitrogens is 1. The first-order valence-corrected chi connectivity index (χ1v) is 5.62. The lowest BCUT2D eigenvalue weighted by Crippen LogP contribution is -2.40. The van der Waals surface area contributed by atoms with E-state index in [2.05, 4.69) is 10.3 Å². The molecular weight excluding hydrogens is 212 g/mol. The molecule has 2 rings (SSSR count). The highest BCUT2D eigenvalue weighted by Crippen LogP contribution is 2.21. The molecule has 0 bridgehead atoms. The maximum Gasteiger partial charge on any atom is 0.0621 e. The van der Waals surface area contributed by atoms with Gasteiger partial charge in [-0.25, -0.2) is 0 Å². The van der Waals surface area contributed by atoms with Crippen LogP contribution in [-0.4, -0.2) is 29.3 Å². The Bertz CT molecular complexity index is 332. The van der Waals surface area contributed by atoms with Crippen LogP contribution in [0.4, 0.5) is 0 Å². The van der Waals surface area contributed by atoms with E-state index in [-0.39, 0.29) is 12.0 Å². The Morgan fingerprint density at radius 3 is 3.20 bits per heavy atom. The minimum Gasteiger partial charge on any atom is -0.393 e. The van der Waals surface area contributed by atoms with Crippen LogP contribution in [0.25, 0.3) is 0 Å². The van der Waals surface area contributed by atoms with Gasteiger partial charge in [0.1, 0.15) is 0 Å². The largest absolute Gasteiger partial charge is 0.393 e. The molecule has 2 heterocycles. The van der Waals surface area contributed by atoms with Crippen molar-refractivity contribution in [1.82, 2.24) is 10.3 Å². The van der Waals surface area contributed by atoms with Gasteiger partial charge in [-0.3, -0.25) is 4.98 Å². The fourth-order valence-corrected chi connectivity index (χ4v) is 2.17. The molecule has 0 amide bonds. The second kappa shape index (κ2) is 4.92. The predicted molar refractivity (Wildman–Crippen MR) is 59.9 cm³/mol. The second-order valence-electron chi connectivity index (χ2n) is 3.99. The molecule has 0 aliphatic carbocycles. The Morgan fingerprint density at radius 1 is 1.60 bits per heavy atom. The smallest absolute Gasteiger partial charge is 0.0621 e. The van der Waals surface area contributed by atoms with E-state index in [1.54, 1.807) is 12.4 Å². The molecule has 1 fully saturated rings. The topological polar surface area (TPSA) is 45.1 Å². The van der Waals surface area contributed by atoms with E-state index in [4.69, 9.17) is 11.6 Å². The number of piperidine rings is 1. The van der Waals surface area contributed by atoms with Crippen molar-refractivity contribution in [2.24, 2.45) is 5.92 Å². The molecule has 82 valence electrons. The zero-order chi connectivity index (χ0) is 10.7. The van der Waals surface area contributed by atoms with Crippen LogP contribution < -0.4 is 5.32 Å². The van der Waals surface area contributed by atoms with Gasteiger partial charge in [-0.05, 0) is 31.0 Å². The molecular formula is C11H15ClN2O. The molecule has 2 N–H and O–H groups in total. The Kier molecular flexibility index (Phi) is 3.57. The van der Waals surface area contributed by atoms with Crippen molar-refractivity contribution in [3.05, 3.63) is 29.0 Å². The summed E-state index contributed by atoms with van der Waals surface area (Å²) in [5.41, 5.74) is 1.07. The maximum absolute atomic E-state index is 9.82. The number of aliphatic hydroxyl groups excluding tert-OH is 1. The maximum atomic E-state index is 9.82. The highest BCUT2D eigenvalue weighted by molar-refractivity contribution is 6.31. The second-order valence-corrected chi connectivity index (χ2v) is 4.40. The molecule has 0 radical (unpaired) electrons. The number of aliphatic hydroxyl groups is 1. The van der Waals surface area contributed by atoms with Gasteiger partial charge in [0.05, 0.1) is 11.1 Å². The quantitative estimate of drug-likeness (QED) is 0.798. The third kappa shape index (κ3) is 2.68. The Morgan fingerprint density at radius 2 is 2.47 bits per heavy atom. The van der Waals surface area contributed by atoms with E-state index in [0.717, 1.165) is 31.5 Å². The van der Waals surface area contributed by atoms with Crippen LogP contribution in [0, 0.1) is 5.92 Å². The number of hydrogen-bond acceptors (Lipinski definition) is 3. The molecule has 1 aromatic rings. The molecule has 1 saturated heterocycles. The molecule has 0 spiro atoms. The summed E-state index contributed by atoms with van der Waals surface area (Å²) >= 11 is 6.03. The van der Waals surface area contributed by atoms with Crippen molar-refractivity contribution >= 4 is 11.6 Å². The standard InChI is InChI=1S/C11H15ClN2O/c12-10-7-14-3-1-8(10)5-9-6-13-4-2-11(9)15/h1,3,7,9,11,13,15H,2,4-6H2. The van der Waals surface area contributed by atoms with E-state index in [9.17, 15) is 5.11 Å². The third-order valence-electron chi connectivity index (χ3n) is 2.91. The molecule has 15 heavy (non-hydrogen) atoms. The fourth-order valence-electron chi connectivity index (χ4n) is 1.97. The van der Waals surface area contributed by atoms with Gasteiger partial charge in [0.25, 0.3) is 0 Å². The summed E-state index contributed by atoms with van der Waals surface area (Å²) in [5.74, 6) is 0.263. The summed E-state index contributed by atoms with van der Waals surface area (Å²) in [6, 6.07) is 1.92. The molecule has 0 saturated carbocycles. The minimum atomic E-state index is -0.213. The van der Waals surface area contributed by atoms with Gasteiger partial charge in [0.15, 0.2) is 0 Å². The highest BCUT2D eigenvalue weighted by atomic mass is 35.5. The summed E-state index contributed by atoms with van der Waals surface area (Å²) < 4.78 is 0. The van der Waals surface area contributed by atoms with Crippen LogP contribution in [0.5, 0.6) is 0 Å². The molecule has 2 atom stereocenters. The van der Waals surface area contributed by atoms with E-state index in [1.165, 1.54) is 0 Å². The van der Waals surface area contributed by atoms with Crippen LogP contribution in [-0.2, 0) is 6.42 Å². The summed E-state index contributed by atoms with van der Waals surface area (Å²) in [5, 5.41) is 13.8. The summed E-state index contributed by atoms with van der Waals surface area (Å²) in [6.45, 7) is 1.77. The van der Waals surface area contributed by atoms with Crippen LogP contribution in [0.15, 0.2) is 18.5 Å². The number of rotatable bonds is 2. The normalized spacial score (nSPS) is 26.5. The van der Waals surface area contributed by atoms with Gasteiger partial charge in [-0.2, -0.15) is 0 Å². The van der Waals surface area contributed by atoms with Crippen molar-refractivity contribution in [3.8, 4) is 0 Å². The SMILES string of the molecule is OC1CCNCC1Cc1ccncc1Cl. The average molecular weight is 227 g/mol. The van der Waals surface area contributed by atoms with Crippen molar-refractivity contribution in [2.45, 2.75) is 18.9 Å².